The summed E-state index contributed by atoms with van der Waals surface area (Å²) in [6.07, 6.45) is 0. The maximum atomic E-state index is 13.8. The predicted molar refractivity (Wildman–Crippen MR) is 91.2 cm³/mol. The summed E-state index contributed by atoms with van der Waals surface area (Å²) in [6, 6.07) is 7.07. The maximum absolute atomic E-state index is 13.8. The Hall–Kier alpha value is -0.640. The summed E-state index contributed by atoms with van der Waals surface area (Å²) < 4.78 is 41.7. The van der Waals surface area contributed by atoms with E-state index in [0.29, 0.717) is 10.2 Å². The molecule has 2 aromatic carbocycles. The second kappa shape index (κ2) is 6.23. The summed E-state index contributed by atoms with van der Waals surface area (Å²) in [5.41, 5.74) is 5.86. The van der Waals surface area contributed by atoms with Gasteiger partial charge in [0.05, 0.1) is 5.69 Å². The van der Waals surface area contributed by atoms with Crippen LogP contribution in [0.25, 0.3) is 0 Å². The number of halogens is 4. The lowest BCUT2D eigenvalue weighted by Crippen LogP contribution is -2.16. The molecule has 0 bridgehead atoms. The summed E-state index contributed by atoms with van der Waals surface area (Å²) in [7, 11) is -4.01. The molecule has 0 aliphatic rings. The number of nitrogens with one attached hydrogen (secondary N) is 1. The number of nitrogens with two attached hydrogens (primary N) is 1. The van der Waals surface area contributed by atoms with Gasteiger partial charge in [0, 0.05) is 19.1 Å². The van der Waals surface area contributed by atoms with Gasteiger partial charge >= 0.3 is 0 Å². The number of nitrogen functional groups attached to an aromatic ring is 1. The molecule has 0 aromatic heterocycles. The van der Waals surface area contributed by atoms with Crippen LogP contribution in [0.3, 0.4) is 0 Å². The van der Waals surface area contributed by atoms with Crippen molar-refractivity contribution in [3.05, 3.63) is 49.6 Å². The molecule has 0 saturated heterocycles. The SMILES string of the molecule is Nc1cc(Br)c(S(=O)(=O)Nc2c(F)cccc2Br)c(Br)c1. The van der Waals surface area contributed by atoms with E-state index in [1.165, 1.54) is 24.3 Å². The van der Waals surface area contributed by atoms with E-state index in [2.05, 4.69) is 52.5 Å². The fourth-order valence-electron chi connectivity index (χ4n) is 1.62. The van der Waals surface area contributed by atoms with Gasteiger partial charge in [-0.1, -0.05) is 6.07 Å². The van der Waals surface area contributed by atoms with Crippen LogP contribution in [0.15, 0.2) is 48.6 Å². The lowest BCUT2D eigenvalue weighted by molar-refractivity contribution is 0.597. The number of hydrogen-bond donors (Lipinski definition) is 2. The molecule has 0 aliphatic heterocycles. The van der Waals surface area contributed by atoms with E-state index in [9.17, 15) is 12.8 Å². The first-order valence-electron chi connectivity index (χ1n) is 5.43. The Morgan fingerprint density at radius 3 is 2.14 bits per heavy atom. The Kier molecular flexibility index (Phi) is 4.96. The van der Waals surface area contributed by atoms with Gasteiger partial charge in [-0.25, -0.2) is 12.8 Å². The Balaban J connectivity index is 2.54. The molecule has 0 fully saturated rings. The van der Waals surface area contributed by atoms with Crippen molar-refractivity contribution >= 4 is 69.2 Å². The van der Waals surface area contributed by atoms with E-state index in [1.807, 2.05) is 0 Å². The normalized spacial score (nSPS) is 11.4. The van der Waals surface area contributed by atoms with Crippen molar-refractivity contribution in [1.82, 2.24) is 0 Å². The third kappa shape index (κ3) is 3.58. The van der Waals surface area contributed by atoms with Crippen LogP contribution < -0.4 is 10.5 Å². The summed E-state index contributed by atoms with van der Waals surface area (Å²) in [6.45, 7) is 0. The lowest BCUT2D eigenvalue weighted by atomic mass is 10.3. The topological polar surface area (TPSA) is 72.2 Å². The third-order valence-corrected chi connectivity index (χ3v) is 6.38. The van der Waals surface area contributed by atoms with Crippen LogP contribution in [-0.4, -0.2) is 8.42 Å². The monoisotopic (exact) mass is 500 g/mol. The molecule has 0 heterocycles. The van der Waals surface area contributed by atoms with Gasteiger partial charge in [-0.2, -0.15) is 0 Å². The van der Waals surface area contributed by atoms with Crippen LogP contribution in [-0.2, 0) is 10.0 Å². The minimum Gasteiger partial charge on any atom is -0.399 e. The zero-order valence-corrected chi connectivity index (χ0v) is 15.8. The highest BCUT2D eigenvalue weighted by Gasteiger charge is 2.24. The van der Waals surface area contributed by atoms with Gasteiger partial charge in [-0.15, -0.1) is 0 Å². The molecule has 0 radical (unpaired) electrons. The molecule has 9 heteroatoms. The lowest BCUT2D eigenvalue weighted by Gasteiger charge is -2.13. The molecule has 0 spiro atoms. The quantitative estimate of drug-likeness (QED) is 0.607. The molecule has 0 amide bonds. The van der Waals surface area contributed by atoms with E-state index in [4.69, 9.17) is 5.73 Å². The van der Waals surface area contributed by atoms with Gasteiger partial charge in [0.25, 0.3) is 10.0 Å². The maximum Gasteiger partial charge on any atom is 0.264 e. The Morgan fingerprint density at radius 1 is 1.05 bits per heavy atom. The molecule has 0 saturated carbocycles. The van der Waals surface area contributed by atoms with E-state index in [1.54, 1.807) is 0 Å². The number of para-hydroxylation sites is 1. The fourth-order valence-corrected chi connectivity index (χ4v) is 5.90. The van der Waals surface area contributed by atoms with Crippen molar-refractivity contribution < 1.29 is 12.8 Å². The molecule has 2 aromatic rings. The Labute approximate surface area is 146 Å². The first-order valence-corrected chi connectivity index (χ1v) is 9.30. The highest BCUT2D eigenvalue weighted by Crippen LogP contribution is 2.35. The van der Waals surface area contributed by atoms with Crippen molar-refractivity contribution in [2.24, 2.45) is 0 Å². The fraction of sp³-hybridized carbons (Fsp3) is 0. The van der Waals surface area contributed by atoms with Crippen LogP contribution in [0.1, 0.15) is 0 Å². The molecule has 112 valence electrons. The molecule has 0 atom stereocenters. The molecule has 0 unspecified atom stereocenters. The van der Waals surface area contributed by atoms with Crippen molar-refractivity contribution in [2.75, 3.05) is 10.5 Å². The Bertz CT molecular complexity index is 769. The van der Waals surface area contributed by atoms with Crippen LogP contribution >= 0.6 is 47.8 Å². The molecule has 21 heavy (non-hydrogen) atoms. The van der Waals surface area contributed by atoms with Gasteiger partial charge in [0.2, 0.25) is 0 Å². The number of sulfonamides is 1. The zero-order valence-electron chi connectivity index (χ0n) is 10.2. The number of rotatable bonds is 3. The smallest absolute Gasteiger partial charge is 0.264 e. The molecule has 3 N–H and O–H groups in total. The minimum atomic E-state index is -4.01. The predicted octanol–water partition coefficient (Wildman–Crippen LogP) is 4.50. The minimum absolute atomic E-state index is 0.0631. The first-order chi connectivity index (χ1) is 9.72. The molecule has 4 nitrogen and oxygen atoms in total. The van der Waals surface area contributed by atoms with E-state index in [-0.39, 0.29) is 19.5 Å². The second-order valence-corrected chi connectivity index (χ2v) is 8.20. The number of benzene rings is 2. The Morgan fingerprint density at radius 2 is 1.62 bits per heavy atom. The molecular weight excluding hydrogens is 495 g/mol. The molecular formula is C12H8Br3FN2O2S. The average Bonchev–Trinajstić information content (AvgIpc) is 2.32. The van der Waals surface area contributed by atoms with Crippen molar-refractivity contribution in [3.63, 3.8) is 0 Å². The largest absolute Gasteiger partial charge is 0.399 e. The highest BCUT2D eigenvalue weighted by molar-refractivity contribution is 9.11. The van der Waals surface area contributed by atoms with Crippen molar-refractivity contribution in [3.8, 4) is 0 Å². The number of anilines is 2. The van der Waals surface area contributed by atoms with Crippen molar-refractivity contribution in [1.29, 1.82) is 0 Å². The zero-order chi connectivity index (χ0) is 15.8. The van der Waals surface area contributed by atoms with Crippen LogP contribution in [0.5, 0.6) is 0 Å². The average molecular weight is 503 g/mol. The van der Waals surface area contributed by atoms with Gasteiger partial charge in [0.1, 0.15) is 10.7 Å². The van der Waals surface area contributed by atoms with Crippen molar-refractivity contribution in [2.45, 2.75) is 4.90 Å². The summed E-state index contributed by atoms with van der Waals surface area (Å²) in [5.74, 6) is -0.685. The summed E-state index contributed by atoms with van der Waals surface area (Å²) in [5, 5.41) is 0. The van der Waals surface area contributed by atoms with Crippen LogP contribution in [0, 0.1) is 5.82 Å². The van der Waals surface area contributed by atoms with Gasteiger partial charge < -0.3 is 5.73 Å². The molecule has 0 aliphatic carbocycles. The third-order valence-electron chi connectivity index (χ3n) is 2.49. The van der Waals surface area contributed by atoms with Crippen LogP contribution in [0.4, 0.5) is 15.8 Å². The highest BCUT2D eigenvalue weighted by atomic mass is 79.9. The number of hydrogen-bond acceptors (Lipinski definition) is 3. The standard InChI is InChI=1S/C12H8Br3FN2O2S/c13-7-2-1-3-10(16)11(7)18-21(19,20)12-8(14)4-6(17)5-9(12)15/h1-5,18H,17H2. The van der Waals surface area contributed by atoms with Gasteiger partial charge in [-0.3, -0.25) is 4.72 Å². The van der Waals surface area contributed by atoms with Gasteiger partial charge in [0.15, 0.2) is 0 Å². The second-order valence-electron chi connectivity index (χ2n) is 4.02. The van der Waals surface area contributed by atoms with Gasteiger partial charge in [-0.05, 0) is 72.1 Å². The summed E-state index contributed by atoms with van der Waals surface area (Å²) >= 11 is 9.41. The summed E-state index contributed by atoms with van der Waals surface area (Å²) in [4.78, 5) is -0.0631. The van der Waals surface area contributed by atoms with Crippen LogP contribution in [0.2, 0.25) is 0 Å². The van der Waals surface area contributed by atoms with E-state index >= 15 is 0 Å². The van der Waals surface area contributed by atoms with E-state index in [0.717, 1.165) is 6.07 Å². The molecule has 2 rings (SSSR count). The first kappa shape index (κ1) is 16.7. The van der Waals surface area contributed by atoms with E-state index < -0.39 is 15.8 Å².